The van der Waals surface area contributed by atoms with Crippen molar-refractivity contribution < 1.29 is 18.3 Å². The van der Waals surface area contributed by atoms with Gasteiger partial charge in [-0.3, -0.25) is 0 Å². The number of hydrogen-bond acceptors (Lipinski definition) is 4. The van der Waals surface area contributed by atoms with Gasteiger partial charge in [-0.05, 0) is 225 Å². The predicted molar refractivity (Wildman–Crippen MR) is 557 cm³/mol. The van der Waals surface area contributed by atoms with E-state index in [0.29, 0.717) is 11.8 Å². The smallest absolute Gasteiger partial charge is 0.112 e. The highest BCUT2D eigenvalue weighted by atomic mass is 15.2. The molecule has 18 aromatic rings. The first-order valence-electron chi connectivity index (χ1n) is 46.0. The van der Waals surface area contributed by atoms with E-state index in [1.54, 1.807) is 0 Å². The molecule has 0 fully saturated rings. The van der Waals surface area contributed by atoms with Crippen LogP contribution in [-0.2, 0) is 13.1 Å². The van der Waals surface area contributed by atoms with Crippen molar-refractivity contribution in [1.82, 2.24) is 0 Å². The van der Waals surface area contributed by atoms with Gasteiger partial charge >= 0.3 is 0 Å². The summed E-state index contributed by atoms with van der Waals surface area (Å²) in [6.45, 7) is 23.6. The molecule has 132 heavy (non-hydrogen) atoms. The van der Waals surface area contributed by atoms with Crippen LogP contribution < -0.4 is 37.9 Å². The molecule has 2 atom stereocenters. The molecule has 4 heterocycles. The van der Waals surface area contributed by atoms with Crippen LogP contribution in [0.1, 0.15) is 130 Å². The van der Waals surface area contributed by atoms with Crippen molar-refractivity contribution in [2.45, 2.75) is 106 Å². The van der Waals surface area contributed by atoms with E-state index in [9.17, 15) is 0 Å². The molecular weight excluding hydrogens is 1600 g/mol. The van der Waals surface area contributed by atoms with Crippen LogP contribution in [0.15, 0.2) is 400 Å². The van der Waals surface area contributed by atoms with Gasteiger partial charge in [0, 0.05) is 79.1 Å². The molecular formula is C124H124N8. The molecule has 0 aliphatic heterocycles. The van der Waals surface area contributed by atoms with E-state index in [4.69, 9.17) is 0 Å². The SMILES string of the molecule is [CH2-][n+]1c(-c2cccc3ccccc23)cccc1C(c1ccccc1-c1ccccc1)N(C)c1ccc(C(C)C)cc1.[CH2-][n+]1c(-c2ccccc2)cccc1C(c1ccccc1-c1ccccc1)N(C)c1ccc(C(C)C)cc1.[CH2-][n+]1c(CN(C)c2c(C)cc(C)cc2C)cccc1-c1cccc2ccccc12.[CH2-][n+]1c(CN(C)c2c(C)cc(C)cc2C)cccc1-c1ccccc1. The average molecular weight is 1730 g/mol. The van der Waals surface area contributed by atoms with E-state index in [-0.39, 0.29) is 12.1 Å². The molecule has 0 bridgehead atoms. The van der Waals surface area contributed by atoms with Crippen molar-refractivity contribution in [2.75, 3.05) is 47.8 Å². The lowest BCUT2D eigenvalue weighted by Gasteiger charge is -2.34. The minimum absolute atomic E-state index is 0.0533. The van der Waals surface area contributed by atoms with Crippen molar-refractivity contribution in [1.29, 1.82) is 0 Å². The Bertz CT molecular complexity index is 6910. The van der Waals surface area contributed by atoms with Crippen LogP contribution in [0.4, 0.5) is 22.7 Å². The molecule has 0 spiro atoms. The van der Waals surface area contributed by atoms with Crippen LogP contribution in [-0.4, -0.2) is 28.2 Å². The molecule has 0 saturated heterocycles. The predicted octanol–water partition coefficient (Wildman–Crippen LogP) is 28.6. The maximum absolute atomic E-state index is 4.66. The average Bonchev–Trinajstić information content (AvgIpc) is 0.760. The third-order valence-corrected chi connectivity index (χ3v) is 25.7. The monoisotopic (exact) mass is 1720 g/mol. The third kappa shape index (κ3) is 20.6. The van der Waals surface area contributed by atoms with Crippen LogP contribution in [0, 0.1) is 69.7 Å². The fourth-order valence-electron chi connectivity index (χ4n) is 19.2. The minimum atomic E-state index is -0.0799. The lowest BCUT2D eigenvalue weighted by Crippen LogP contribution is -2.40. The molecule has 660 valence electrons. The van der Waals surface area contributed by atoms with Crippen LogP contribution in [0.5, 0.6) is 0 Å². The molecule has 0 N–H and O–H groups in total. The van der Waals surface area contributed by atoms with Crippen molar-refractivity contribution in [3.05, 3.63) is 507 Å². The van der Waals surface area contributed by atoms with Gasteiger partial charge in [0.1, 0.15) is 45.6 Å². The second kappa shape index (κ2) is 42.0. The summed E-state index contributed by atoms with van der Waals surface area (Å²) in [4.78, 5) is 9.40. The second-order valence-electron chi connectivity index (χ2n) is 35.6. The fraction of sp³-hybridized carbons (Fsp3) is 0.161. The van der Waals surface area contributed by atoms with Gasteiger partial charge in [0.05, 0.1) is 25.2 Å². The normalized spacial score (nSPS) is 11.5. The van der Waals surface area contributed by atoms with E-state index in [2.05, 4.69) is 547 Å². The summed E-state index contributed by atoms with van der Waals surface area (Å²) in [6.07, 6.45) is 0. The number of fused-ring (bicyclic) bond motifs is 2. The molecule has 0 aliphatic rings. The molecule has 8 heteroatoms. The van der Waals surface area contributed by atoms with Crippen LogP contribution in [0.25, 0.3) is 88.8 Å². The molecule has 14 aromatic carbocycles. The van der Waals surface area contributed by atoms with Gasteiger partial charge in [-0.2, -0.15) is 0 Å². The highest BCUT2D eigenvalue weighted by molar-refractivity contribution is 5.96. The second-order valence-corrected chi connectivity index (χ2v) is 35.6. The molecule has 8 nitrogen and oxygen atoms in total. The number of aryl methyl sites for hydroxylation is 6. The summed E-state index contributed by atoms with van der Waals surface area (Å²) in [6, 6.07) is 142. The summed E-state index contributed by atoms with van der Waals surface area (Å²) in [7, 11) is 26.6. The first kappa shape index (κ1) is 91.6. The lowest BCUT2D eigenvalue weighted by atomic mass is 9.91. The van der Waals surface area contributed by atoms with Crippen molar-refractivity contribution in [2.24, 2.45) is 0 Å². The summed E-state index contributed by atoms with van der Waals surface area (Å²) in [5.74, 6) is 0.988. The maximum Gasteiger partial charge on any atom is 0.112 e. The van der Waals surface area contributed by atoms with Gasteiger partial charge in [0.25, 0.3) is 0 Å². The summed E-state index contributed by atoms with van der Waals surface area (Å²) in [5.41, 5.74) is 36.6. The molecule has 0 aliphatic carbocycles. The van der Waals surface area contributed by atoms with Crippen molar-refractivity contribution in [3.63, 3.8) is 0 Å². The van der Waals surface area contributed by atoms with Gasteiger partial charge in [0.15, 0.2) is 0 Å². The molecule has 18 rings (SSSR count). The molecule has 4 aromatic heterocycles. The van der Waals surface area contributed by atoms with Gasteiger partial charge in [-0.1, -0.05) is 379 Å². The highest BCUT2D eigenvalue weighted by Crippen LogP contribution is 2.42. The first-order valence-corrected chi connectivity index (χ1v) is 46.0. The summed E-state index contributed by atoms with van der Waals surface area (Å²) in [5, 5.41) is 4.95. The van der Waals surface area contributed by atoms with Crippen LogP contribution in [0.3, 0.4) is 0 Å². The van der Waals surface area contributed by atoms with E-state index < -0.39 is 0 Å². The largest absolute Gasteiger partial charge is 0.375 e. The van der Waals surface area contributed by atoms with E-state index in [1.165, 1.54) is 145 Å². The molecule has 0 radical (unpaired) electrons. The van der Waals surface area contributed by atoms with E-state index in [0.717, 1.165) is 58.5 Å². The Morgan fingerprint density at radius 1 is 0.258 bits per heavy atom. The topological polar surface area (TPSA) is 28.5 Å². The van der Waals surface area contributed by atoms with Gasteiger partial charge in [-0.25, -0.2) is 0 Å². The summed E-state index contributed by atoms with van der Waals surface area (Å²) >= 11 is 0. The number of benzene rings is 14. The Labute approximate surface area is 785 Å². The fourth-order valence-corrected chi connectivity index (χ4v) is 19.2. The minimum Gasteiger partial charge on any atom is -0.375 e. The van der Waals surface area contributed by atoms with E-state index >= 15 is 0 Å². The number of pyridine rings is 4. The third-order valence-electron chi connectivity index (χ3n) is 25.7. The van der Waals surface area contributed by atoms with Gasteiger partial charge in [0.2, 0.25) is 0 Å². The number of rotatable bonds is 22. The van der Waals surface area contributed by atoms with E-state index in [1.807, 2.05) is 16.7 Å². The van der Waals surface area contributed by atoms with Gasteiger partial charge < -0.3 is 37.9 Å². The van der Waals surface area contributed by atoms with Gasteiger partial charge in [-0.15, -0.1) is 0 Å². The Morgan fingerprint density at radius 2 is 0.538 bits per heavy atom. The number of hydrogen-bond donors (Lipinski definition) is 0. The quantitative estimate of drug-likeness (QED) is 0.0499. The molecule has 0 saturated carbocycles. The zero-order valence-electron chi connectivity index (χ0n) is 79.2. The Balaban J connectivity index is 0.000000137. The van der Waals surface area contributed by atoms with Crippen LogP contribution in [0.2, 0.25) is 0 Å². The first-order chi connectivity index (χ1) is 64.0. The lowest BCUT2D eigenvalue weighted by molar-refractivity contribution is -0.610. The van der Waals surface area contributed by atoms with Crippen molar-refractivity contribution in [3.8, 4) is 67.3 Å². The van der Waals surface area contributed by atoms with Crippen molar-refractivity contribution >= 4 is 44.3 Å². The standard InChI is InChI=1S/C39H36N2.C35H34N2.C27H28N2.C23H26N2/c1-28(2)29-24-26-32(27-25-29)40(3)39(36-20-11-10-19-34(36)30-14-6-5-7-15-30)38-23-13-22-37(41(38)4)35-21-12-17-31-16-8-9-18-33(31)35;1-26(2)27-22-24-30(25-23-27)36(3)35(32-19-12-11-18-31(32)28-14-7-5-8-15-28)34-21-13-20-33(37(34)4)29-16-9-6-10-17-29;1-19-16-20(2)27(21(3)17-19)28(4)18-23-12-9-15-26(29(23)5)25-14-8-11-22-10-6-7-13-24(22)25;1-17-14-18(2)23(19(3)15-17)24(4)16-21-12-9-13-22(25(21)5)20-10-7-6-8-11-20/h5-28,39H,4H2,1-3H3;5-26,35H,4H2,1-3H3;6-17H,5,18H2,1-4H3;6-15H,5,16H2,1-4H3. The maximum atomic E-state index is 4.66. The Hall–Kier alpha value is -15.1. The zero-order valence-corrected chi connectivity index (χ0v) is 79.2. The Morgan fingerprint density at radius 3 is 0.917 bits per heavy atom. The number of nitrogens with zero attached hydrogens (tertiary/aromatic N) is 8. The number of anilines is 4. The summed E-state index contributed by atoms with van der Waals surface area (Å²) < 4.78 is 8.36. The molecule has 0 amide bonds. The molecule has 2 unspecified atom stereocenters. The highest BCUT2D eigenvalue weighted by Gasteiger charge is 2.30. The number of aromatic nitrogens is 4. The Kier molecular flexibility index (Phi) is 29.1. The zero-order chi connectivity index (χ0) is 92.6. The van der Waals surface area contributed by atoms with Crippen LogP contribution >= 0.6 is 0 Å².